The minimum atomic E-state index is -0.166. The summed E-state index contributed by atoms with van der Waals surface area (Å²) in [6.45, 7) is 4.40. The van der Waals surface area contributed by atoms with Crippen LogP contribution in [0.1, 0.15) is 24.8 Å². The van der Waals surface area contributed by atoms with E-state index >= 15 is 0 Å². The average Bonchev–Trinajstić information content (AvgIpc) is 2.23. The number of piperidine rings is 1. The van der Waals surface area contributed by atoms with Crippen molar-refractivity contribution in [3.63, 3.8) is 0 Å². The number of nitrogens with zero attached hydrogens (tertiary/aromatic N) is 1. The van der Waals surface area contributed by atoms with Crippen LogP contribution < -0.4 is 0 Å². The molecule has 14 heavy (non-hydrogen) atoms. The quantitative estimate of drug-likeness (QED) is 0.696. The van der Waals surface area contributed by atoms with Crippen molar-refractivity contribution in [1.82, 2.24) is 4.90 Å². The summed E-state index contributed by atoms with van der Waals surface area (Å²) in [6, 6.07) is 6.67. The summed E-state index contributed by atoms with van der Waals surface area (Å²) in [7, 11) is 0. The van der Waals surface area contributed by atoms with Crippen LogP contribution in [-0.4, -0.2) is 18.0 Å². The molecular weight excluding hydrogens is 177 g/mol. The van der Waals surface area contributed by atoms with Gasteiger partial charge in [0.15, 0.2) is 0 Å². The highest BCUT2D eigenvalue weighted by Crippen LogP contribution is 2.14. The van der Waals surface area contributed by atoms with Gasteiger partial charge in [-0.05, 0) is 43.6 Å². The Hall–Kier alpha value is -0.890. The summed E-state index contributed by atoms with van der Waals surface area (Å²) >= 11 is 0. The molecule has 1 aliphatic rings. The van der Waals surface area contributed by atoms with Crippen molar-refractivity contribution >= 4 is 0 Å². The van der Waals surface area contributed by atoms with Crippen LogP contribution in [0, 0.1) is 12.4 Å². The van der Waals surface area contributed by atoms with Gasteiger partial charge in [-0.2, -0.15) is 0 Å². The molecular formula is C12H15FN. The van der Waals surface area contributed by atoms with Gasteiger partial charge in [-0.3, -0.25) is 4.90 Å². The monoisotopic (exact) mass is 192 g/mol. The summed E-state index contributed by atoms with van der Waals surface area (Å²) in [5.41, 5.74) is 1.09. The second-order valence-electron chi connectivity index (χ2n) is 3.78. The van der Waals surface area contributed by atoms with E-state index in [9.17, 15) is 4.39 Å². The van der Waals surface area contributed by atoms with Gasteiger partial charge in [-0.25, -0.2) is 4.39 Å². The third kappa shape index (κ3) is 2.55. The van der Waals surface area contributed by atoms with Crippen LogP contribution in [-0.2, 0) is 0 Å². The van der Waals surface area contributed by atoms with E-state index in [1.54, 1.807) is 0 Å². The maximum atomic E-state index is 12.6. The Morgan fingerprint density at radius 1 is 1.00 bits per heavy atom. The van der Waals surface area contributed by atoms with E-state index in [1.165, 1.54) is 31.4 Å². The lowest BCUT2D eigenvalue weighted by atomic mass is 10.1. The van der Waals surface area contributed by atoms with Crippen molar-refractivity contribution in [2.45, 2.75) is 19.3 Å². The zero-order valence-corrected chi connectivity index (χ0v) is 8.25. The van der Waals surface area contributed by atoms with Gasteiger partial charge < -0.3 is 0 Å². The summed E-state index contributed by atoms with van der Waals surface area (Å²) in [5, 5.41) is 0. The van der Waals surface area contributed by atoms with Gasteiger partial charge in [0, 0.05) is 0 Å². The van der Waals surface area contributed by atoms with E-state index in [1.807, 2.05) is 12.1 Å². The van der Waals surface area contributed by atoms with Crippen LogP contribution in [0.25, 0.3) is 0 Å². The molecule has 1 saturated heterocycles. The van der Waals surface area contributed by atoms with Crippen LogP contribution in [0.15, 0.2) is 24.3 Å². The molecule has 0 amide bonds. The van der Waals surface area contributed by atoms with Gasteiger partial charge in [-0.1, -0.05) is 18.6 Å². The number of hydrogen-bond acceptors (Lipinski definition) is 1. The Morgan fingerprint density at radius 2 is 1.64 bits per heavy atom. The maximum absolute atomic E-state index is 12.6. The lowest BCUT2D eigenvalue weighted by Gasteiger charge is -2.25. The molecule has 0 aliphatic carbocycles. The van der Waals surface area contributed by atoms with Crippen molar-refractivity contribution in [3.05, 3.63) is 42.2 Å². The molecule has 0 atom stereocenters. The second kappa shape index (κ2) is 4.56. The molecule has 1 aromatic rings. The molecule has 2 rings (SSSR count). The molecule has 2 heteroatoms. The molecule has 0 unspecified atom stereocenters. The zero-order chi connectivity index (χ0) is 9.80. The van der Waals surface area contributed by atoms with Crippen LogP contribution >= 0.6 is 0 Å². The Kier molecular flexibility index (Phi) is 3.14. The van der Waals surface area contributed by atoms with E-state index in [4.69, 9.17) is 0 Å². The fourth-order valence-electron chi connectivity index (χ4n) is 1.81. The summed E-state index contributed by atoms with van der Waals surface area (Å²) in [4.78, 5) is 2.32. The minimum Gasteiger partial charge on any atom is -0.294 e. The molecule has 0 aromatic heterocycles. The smallest absolute Gasteiger partial charge is 0.123 e. The van der Waals surface area contributed by atoms with E-state index in [-0.39, 0.29) is 5.82 Å². The van der Waals surface area contributed by atoms with Gasteiger partial charge in [0.1, 0.15) is 5.82 Å². The highest BCUT2D eigenvalue weighted by atomic mass is 19.1. The van der Waals surface area contributed by atoms with Crippen LogP contribution in [0.5, 0.6) is 0 Å². The second-order valence-corrected chi connectivity index (χ2v) is 3.78. The van der Waals surface area contributed by atoms with E-state index in [0.717, 1.165) is 18.7 Å². The maximum Gasteiger partial charge on any atom is 0.123 e. The van der Waals surface area contributed by atoms with Gasteiger partial charge in [-0.15, -0.1) is 0 Å². The summed E-state index contributed by atoms with van der Waals surface area (Å²) in [6.07, 6.45) is 3.89. The first-order valence-corrected chi connectivity index (χ1v) is 5.19. The fourth-order valence-corrected chi connectivity index (χ4v) is 1.81. The fraction of sp³-hybridized carbons (Fsp3) is 0.417. The molecule has 0 saturated carbocycles. The van der Waals surface area contributed by atoms with Gasteiger partial charge in [0.2, 0.25) is 0 Å². The number of rotatable bonds is 2. The van der Waals surface area contributed by atoms with Gasteiger partial charge in [0.05, 0.1) is 6.54 Å². The summed E-state index contributed by atoms with van der Waals surface area (Å²) < 4.78 is 12.6. The molecule has 1 heterocycles. The van der Waals surface area contributed by atoms with Crippen molar-refractivity contribution in [3.8, 4) is 0 Å². The lowest BCUT2D eigenvalue weighted by Crippen LogP contribution is -2.27. The Bertz CT molecular complexity index is 275. The molecule has 1 aliphatic heterocycles. The van der Waals surface area contributed by atoms with E-state index in [0.29, 0.717) is 0 Å². The number of likely N-dealkylation sites (tertiary alicyclic amines) is 1. The molecule has 75 valence electrons. The minimum absolute atomic E-state index is 0.166. The standard InChI is InChI=1S/C12H15FN/c13-12-6-4-11(5-7-12)10-14-8-2-1-3-9-14/h4-7,10H,1-3,8-9H2. The van der Waals surface area contributed by atoms with E-state index < -0.39 is 0 Å². The van der Waals surface area contributed by atoms with Gasteiger partial charge in [0.25, 0.3) is 0 Å². The molecule has 1 radical (unpaired) electrons. The molecule has 0 bridgehead atoms. The molecule has 1 nitrogen and oxygen atoms in total. The molecule has 1 aromatic carbocycles. The summed E-state index contributed by atoms with van der Waals surface area (Å²) in [5.74, 6) is -0.166. The van der Waals surface area contributed by atoms with Gasteiger partial charge >= 0.3 is 0 Å². The first-order chi connectivity index (χ1) is 6.84. The molecule has 0 N–H and O–H groups in total. The third-order valence-corrected chi connectivity index (χ3v) is 2.59. The number of hydrogen-bond donors (Lipinski definition) is 0. The molecule has 0 spiro atoms. The number of benzene rings is 1. The highest BCUT2D eigenvalue weighted by molar-refractivity contribution is 5.22. The van der Waals surface area contributed by atoms with Crippen molar-refractivity contribution < 1.29 is 4.39 Å². The first-order valence-electron chi connectivity index (χ1n) is 5.19. The lowest BCUT2D eigenvalue weighted by molar-refractivity contribution is 0.285. The van der Waals surface area contributed by atoms with Crippen LogP contribution in [0.2, 0.25) is 0 Å². The topological polar surface area (TPSA) is 3.24 Å². The van der Waals surface area contributed by atoms with E-state index in [2.05, 4.69) is 11.4 Å². The predicted octanol–water partition coefficient (Wildman–Crippen LogP) is 2.82. The Balaban J connectivity index is 1.92. The first kappa shape index (κ1) is 9.66. The largest absolute Gasteiger partial charge is 0.294 e. The van der Waals surface area contributed by atoms with Crippen LogP contribution in [0.4, 0.5) is 4.39 Å². The average molecular weight is 192 g/mol. The van der Waals surface area contributed by atoms with Crippen LogP contribution in [0.3, 0.4) is 0 Å². The third-order valence-electron chi connectivity index (χ3n) is 2.59. The molecule has 1 fully saturated rings. The SMILES string of the molecule is Fc1ccc([CH]N2CCCCC2)cc1. The number of halogens is 1. The van der Waals surface area contributed by atoms with Crippen molar-refractivity contribution in [1.29, 1.82) is 0 Å². The Morgan fingerprint density at radius 3 is 2.29 bits per heavy atom. The zero-order valence-electron chi connectivity index (χ0n) is 8.25. The van der Waals surface area contributed by atoms with Crippen molar-refractivity contribution in [2.75, 3.05) is 13.1 Å². The highest BCUT2D eigenvalue weighted by Gasteiger charge is 2.10. The Labute approximate surface area is 84.5 Å². The predicted molar refractivity (Wildman–Crippen MR) is 55.2 cm³/mol. The van der Waals surface area contributed by atoms with Crippen molar-refractivity contribution in [2.24, 2.45) is 0 Å². The normalized spacial score (nSPS) is 18.4.